The van der Waals surface area contributed by atoms with Crippen LogP contribution in [0, 0.1) is 5.41 Å². The number of rotatable bonds is 7. The Balaban J connectivity index is 1.87. The first-order valence-corrected chi connectivity index (χ1v) is 12.5. The number of hydrogen-bond acceptors (Lipinski definition) is 6. The Hall–Kier alpha value is -3.48. The van der Waals surface area contributed by atoms with Crippen LogP contribution in [0.5, 0.6) is 11.5 Å². The third-order valence-electron chi connectivity index (χ3n) is 6.92. The molecule has 0 aromatic heterocycles. The van der Waals surface area contributed by atoms with Crippen molar-refractivity contribution in [3.05, 3.63) is 70.4 Å². The van der Waals surface area contributed by atoms with Gasteiger partial charge in [0.05, 0.1) is 26.9 Å². The first kappa shape index (κ1) is 25.6. The van der Waals surface area contributed by atoms with Gasteiger partial charge < -0.3 is 19.5 Å². The summed E-state index contributed by atoms with van der Waals surface area (Å²) in [4.78, 5) is 28.7. The molecule has 0 bridgehead atoms. The van der Waals surface area contributed by atoms with Gasteiger partial charge in [-0.1, -0.05) is 44.2 Å². The summed E-state index contributed by atoms with van der Waals surface area (Å²) in [7, 11) is 3.20. The van der Waals surface area contributed by atoms with Crippen LogP contribution in [0.1, 0.15) is 56.3 Å². The summed E-state index contributed by atoms with van der Waals surface area (Å²) in [6.07, 6.45) is 1.33. The van der Waals surface area contributed by atoms with Crippen molar-refractivity contribution in [2.45, 2.75) is 52.6 Å². The molecule has 1 N–H and O–H groups in total. The Kier molecular flexibility index (Phi) is 7.57. The fraction of sp³-hybridized carbons (Fsp3) is 0.448. The summed E-state index contributed by atoms with van der Waals surface area (Å²) in [6.45, 7) is 7.31. The second-order valence-electron chi connectivity index (χ2n) is 10.1. The Morgan fingerprint density at radius 3 is 2.44 bits per heavy atom. The third kappa shape index (κ3) is 5.20. The lowest BCUT2D eigenvalue weighted by atomic mass is 9.72. The molecule has 2 aromatic carbocycles. The highest BCUT2D eigenvalue weighted by molar-refractivity contribution is 5.99. The van der Waals surface area contributed by atoms with Crippen molar-refractivity contribution >= 4 is 11.9 Å². The van der Waals surface area contributed by atoms with E-state index in [0.717, 1.165) is 22.4 Å². The van der Waals surface area contributed by atoms with Crippen LogP contribution in [0.2, 0.25) is 0 Å². The molecule has 7 nitrogen and oxygen atoms in total. The quantitative estimate of drug-likeness (QED) is 0.573. The van der Waals surface area contributed by atoms with Gasteiger partial charge in [-0.15, -0.1) is 0 Å². The van der Waals surface area contributed by atoms with Crippen LogP contribution in [0.25, 0.3) is 0 Å². The molecule has 1 amide bonds. The molecule has 192 valence electrons. The number of methoxy groups -OCH3 is 2. The molecular formula is C29H36N2O5. The lowest BCUT2D eigenvalue weighted by molar-refractivity contribution is -0.118. The number of hydrogen-bond donors (Lipinski definition) is 1. The fourth-order valence-corrected chi connectivity index (χ4v) is 5.27. The number of nitrogens with zero attached hydrogens (tertiary/aromatic N) is 1. The first-order valence-electron chi connectivity index (χ1n) is 12.5. The lowest BCUT2D eigenvalue weighted by Crippen LogP contribution is -2.45. The summed E-state index contributed by atoms with van der Waals surface area (Å²) < 4.78 is 16.6. The van der Waals surface area contributed by atoms with Crippen LogP contribution in [0.15, 0.2) is 53.7 Å². The van der Waals surface area contributed by atoms with Gasteiger partial charge in [-0.3, -0.25) is 9.69 Å². The normalized spacial score (nSPS) is 19.0. The molecule has 0 fully saturated rings. The SMILES string of the molecule is CCOC(=O)N1CCc2cc(OC)c(OC)cc2C1C1=C(NCc2ccccc2)CC(C)(C)CC1=O. The zero-order valence-electron chi connectivity index (χ0n) is 21.8. The number of carbonyl (C=O) groups is 2. The second-order valence-corrected chi connectivity index (χ2v) is 10.1. The highest BCUT2D eigenvalue weighted by atomic mass is 16.6. The summed E-state index contributed by atoms with van der Waals surface area (Å²) in [6, 6.07) is 13.4. The summed E-state index contributed by atoms with van der Waals surface area (Å²) >= 11 is 0. The fourth-order valence-electron chi connectivity index (χ4n) is 5.27. The molecule has 0 radical (unpaired) electrons. The zero-order valence-corrected chi connectivity index (χ0v) is 21.8. The van der Waals surface area contributed by atoms with Gasteiger partial charge in [0, 0.05) is 30.8 Å². The smallest absolute Gasteiger partial charge is 0.410 e. The summed E-state index contributed by atoms with van der Waals surface area (Å²) in [5.41, 5.74) is 4.34. The van der Waals surface area contributed by atoms with Gasteiger partial charge in [-0.25, -0.2) is 4.79 Å². The van der Waals surface area contributed by atoms with E-state index in [9.17, 15) is 9.59 Å². The van der Waals surface area contributed by atoms with Crippen LogP contribution in [0.3, 0.4) is 0 Å². The van der Waals surface area contributed by atoms with Crippen LogP contribution >= 0.6 is 0 Å². The van der Waals surface area contributed by atoms with Crippen molar-refractivity contribution in [2.75, 3.05) is 27.4 Å². The Morgan fingerprint density at radius 1 is 1.08 bits per heavy atom. The van der Waals surface area contributed by atoms with E-state index in [4.69, 9.17) is 14.2 Å². The molecule has 7 heteroatoms. The van der Waals surface area contributed by atoms with E-state index in [-0.39, 0.29) is 17.8 Å². The number of Topliss-reactive ketones (excluding diaryl/α,β-unsaturated/α-hetero) is 1. The van der Waals surface area contributed by atoms with Crippen LogP contribution in [-0.4, -0.2) is 44.1 Å². The molecule has 1 atom stereocenters. The van der Waals surface area contributed by atoms with Gasteiger partial charge in [-0.2, -0.15) is 0 Å². The van der Waals surface area contributed by atoms with Gasteiger partial charge in [-0.05, 0) is 54.0 Å². The standard InChI is InChI=1S/C29H36N2O5/c1-6-36-28(33)31-13-12-20-14-24(34-4)25(35-5)15-21(20)27(31)26-22(16-29(2,3)17-23(26)32)30-18-19-10-8-7-9-11-19/h7-11,14-15,27,30H,6,12-13,16-18H2,1-5H3. The van der Waals surface area contributed by atoms with Crippen molar-refractivity contribution in [3.8, 4) is 11.5 Å². The van der Waals surface area contributed by atoms with E-state index in [0.29, 0.717) is 49.4 Å². The van der Waals surface area contributed by atoms with Crippen LogP contribution in [0.4, 0.5) is 4.79 Å². The number of nitrogens with one attached hydrogen (secondary N) is 1. The van der Waals surface area contributed by atoms with Gasteiger partial charge in [0.25, 0.3) is 0 Å². The molecule has 4 rings (SSSR count). The minimum absolute atomic E-state index is 0.0451. The van der Waals surface area contributed by atoms with Gasteiger partial charge in [0.2, 0.25) is 0 Å². The Bertz CT molecular complexity index is 1160. The average molecular weight is 493 g/mol. The van der Waals surface area contributed by atoms with Gasteiger partial charge >= 0.3 is 6.09 Å². The number of ketones is 1. The van der Waals surface area contributed by atoms with E-state index in [1.165, 1.54) is 0 Å². The van der Waals surface area contributed by atoms with Crippen molar-refractivity contribution in [3.63, 3.8) is 0 Å². The third-order valence-corrected chi connectivity index (χ3v) is 6.92. The van der Waals surface area contributed by atoms with E-state index in [2.05, 4.69) is 31.3 Å². The maximum absolute atomic E-state index is 13.8. The number of ether oxygens (including phenoxy) is 3. The molecule has 0 saturated carbocycles. The van der Waals surface area contributed by atoms with E-state index >= 15 is 0 Å². The highest BCUT2D eigenvalue weighted by Gasteiger charge is 2.43. The molecule has 36 heavy (non-hydrogen) atoms. The average Bonchev–Trinajstić information content (AvgIpc) is 2.86. The maximum Gasteiger partial charge on any atom is 0.410 e. The number of amides is 1. The molecule has 2 aliphatic rings. The predicted molar refractivity (Wildman–Crippen MR) is 138 cm³/mol. The molecule has 1 unspecified atom stereocenters. The monoisotopic (exact) mass is 492 g/mol. The highest BCUT2D eigenvalue weighted by Crippen LogP contribution is 2.46. The first-order chi connectivity index (χ1) is 17.3. The molecular weight excluding hydrogens is 456 g/mol. The Morgan fingerprint density at radius 2 is 1.78 bits per heavy atom. The minimum atomic E-state index is -0.575. The van der Waals surface area contributed by atoms with E-state index in [1.807, 2.05) is 30.3 Å². The number of carbonyl (C=O) groups excluding carboxylic acids is 2. The Labute approximate surface area is 213 Å². The molecule has 1 aliphatic heterocycles. The minimum Gasteiger partial charge on any atom is -0.493 e. The van der Waals surface area contributed by atoms with Crippen LogP contribution in [-0.2, 0) is 22.5 Å². The molecule has 2 aromatic rings. The van der Waals surface area contributed by atoms with Crippen LogP contribution < -0.4 is 14.8 Å². The molecule has 1 aliphatic carbocycles. The topological polar surface area (TPSA) is 77.1 Å². The van der Waals surface area contributed by atoms with Crippen molar-refractivity contribution < 1.29 is 23.8 Å². The van der Waals surface area contributed by atoms with Gasteiger partial charge in [0.15, 0.2) is 17.3 Å². The summed E-state index contributed by atoms with van der Waals surface area (Å²) in [5, 5.41) is 3.57. The number of benzene rings is 2. The van der Waals surface area contributed by atoms with E-state index < -0.39 is 12.1 Å². The predicted octanol–water partition coefficient (Wildman–Crippen LogP) is 5.19. The largest absolute Gasteiger partial charge is 0.493 e. The lowest BCUT2D eigenvalue weighted by Gasteiger charge is -2.42. The second kappa shape index (κ2) is 10.6. The summed E-state index contributed by atoms with van der Waals surface area (Å²) in [5.74, 6) is 1.24. The number of fused-ring (bicyclic) bond motifs is 1. The van der Waals surface area contributed by atoms with Crippen molar-refractivity contribution in [2.24, 2.45) is 5.41 Å². The molecule has 0 saturated heterocycles. The van der Waals surface area contributed by atoms with Crippen molar-refractivity contribution in [1.29, 1.82) is 0 Å². The molecule has 0 spiro atoms. The maximum atomic E-state index is 13.8. The molecule has 1 heterocycles. The zero-order chi connectivity index (χ0) is 25.9. The van der Waals surface area contributed by atoms with Gasteiger partial charge in [0.1, 0.15) is 0 Å². The van der Waals surface area contributed by atoms with E-state index in [1.54, 1.807) is 26.0 Å². The number of allylic oxidation sites excluding steroid dienone is 1. The van der Waals surface area contributed by atoms with Crippen molar-refractivity contribution in [1.82, 2.24) is 10.2 Å².